The van der Waals surface area contributed by atoms with Crippen molar-refractivity contribution in [3.8, 4) is 22.3 Å². The molecule has 66 heavy (non-hydrogen) atoms. The van der Waals surface area contributed by atoms with Gasteiger partial charge in [-0.05, 0) is 113 Å². The van der Waals surface area contributed by atoms with Crippen molar-refractivity contribution in [2.45, 2.75) is 26.2 Å². The van der Waals surface area contributed by atoms with Crippen molar-refractivity contribution in [3.05, 3.63) is 206 Å². The summed E-state index contributed by atoms with van der Waals surface area (Å²) >= 11 is 0. The highest BCUT2D eigenvalue weighted by Gasteiger charge is 2.45. The molecule has 14 rings (SSSR count). The second-order valence-corrected chi connectivity index (χ2v) is 17.8. The van der Waals surface area contributed by atoms with Gasteiger partial charge < -0.3 is 23.1 Å². The molecule has 0 saturated heterocycles. The Hall–Kier alpha value is -8.22. The maximum atomic E-state index is 6.89. The first-order chi connectivity index (χ1) is 32.7. The highest BCUT2D eigenvalue weighted by Crippen LogP contribution is 2.51. The van der Waals surface area contributed by atoms with Crippen molar-refractivity contribution in [2.24, 2.45) is 0 Å². The first-order valence-corrected chi connectivity index (χ1v) is 23.2. The van der Waals surface area contributed by atoms with Crippen molar-refractivity contribution < 1.29 is 8.83 Å². The highest BCUT2D eigenvalue weighted by molar-refractivity contribution is 6.90. The summed E-state index contributed by atoms with van der Waals surface area (Å²) in [7, 11) is 0. The fourth-order valence-corrected chi connectivity index (χ4v) is 11.2. The van der Waals surface area contributed by atoms with Crippen molar-refractivity contribution in [2.75, 3.05) is 9.80 Å². The Morgan fingerprint density at radius 2 is 1.15 bits per heavy atom. The van der Waals surface area contributed by atoms with Gasteiger partial charge in [0.15, 0.2) is 5.58 Å². The second kappa shape index (κ2) is 14.4. The van der Waals surface area contributed by atoms with Gasteiger partial charge in [0.05, 0.1) is 11.2 Å². The van der Waals surface area contributed by atoms with Crippen molar-refractivity contribution in [1.29, 1.82) is 0 Å². The molecule has 0 atom stereocenters. The largest absolute Gasteiger partial charge is 0.456 e. The summed E-state index contributed by atoms with van der Waals surface area (Å²) in [4.78, 5) is 4.96. The third-order valence-corrected chi connectivity index (χ3v) is 14.1. The molecular weight excluding hydrogens is 805 g/mol. The lowest BCUT2D eigenvalue weighted by Crippen LogP contribution is -2.56. The Morgan fingerprint density at radius 3 is 1.91 bits per heavy atom. The smallest absolute Gasteiger partial charge is 0.333 e. The molecule has 5 heterocycles. The number of hydrogen-bond acceptors (Lipinski definition) is 4. The summed E-state index contributed by atoms with van der Waals surface area (Å²) in [5, 5.41) is 4.46. The number of aromatic nitrogens is 1. The van der Waals surface area contributed by atoms with Gasteiger partial charge in [-0.1, -0.05) is 135 Å². The molecule has 0 radical (unpaired) electrons. The molecule has 2 aliphatic heterocycles. The van der Waals surface area contributed by atoms with Crippen LogP contribution < -0.4 is 20.7 Å². The Morgan fingerprint density at radius 1 is 0.470 bits per heavy atom. The molecule has 0 unspecified atom stereocenters. The molecule has 9 aromatic carbocycles. The van der Waals surface area contributed by atoms with Crippen LogP contribution in [0.1, 0.15) is 25.3 Å². The minimum absolute atomic E-state index is 0.199. The molecular formula is C60H42BN3O2. The first kappa shape index (κ1) is 37.2. The van der Waals surface area contributed by atoms with E-state index >= 15 is 0 Å². The Balaban J connectivity index is 1.16. The topological polar surface area (TPSA) is 37.7 Å². The molecule has 0 N–H and O–H groups in total. The van der Waals surface area contributed by atoms with Crippen LogP contribution in [-0.2, 0) is 6.42 Å². The van der Waals surface area contributed by atoms with E-state index in [1.165, 1.54) is 44.3 Å². The minimum Gasteiger partial charge on any atom is -0.456 e. The van der Waals surface area contributed by atoms with E-state index in [4.69, 9.17) is 8.83 Å². The molecule has 0 amide bonds. The van der Waals surface area contributed by atoms with Gasteiger partial charge in [-0.15, -0.1) is 0 Å². The van der Waals surface area contributed by atoms with Crippen molar-refractivity contribution >= 4 is 107 Å². The van der Waals surface area contributed by atoms with Crippen LogP contribution in [0.3, 0.4) is 0 Å². The van der Waals surface area contributed by atoms with E-state index in [0.29, 0.717) is 0 Å². The molecule has 0 spiro atoms. The summed E-state index contributed by atoms with van der Waals surface area (Å²) < 4.78 is 16.3. The van der Waals surface area contributed by atoms with Gasteiger partial charge in [-0.3, -0.25) is 0 Å². The molecule has 0 aliphatic carbocycles. The fraction of sp³-hybridized carbons (Fsp3) is 0.0667. The molecule has 0 saturated carbocycles. The van der Waals surface area contributed by atoms with Gasteiger partial charge in [0.25, 0.3) is 0 Å². The molecule has 12 aromatic rings. The number of fused-ring (bicyclic) bond motifs is 12. The normalized spacial score (nSPS) is 12.7. The van der Waals surface area contributed by atoms with Crippen LogP contribution in [0, 0.1) is 0 Å². The maximum absolute atomic E-state index is 6.89. The minimum atomic E-state index is -0.199. The number of rotatable bonds is 8. The zero-order valence-corrected chi connectivity index (χ0v) is 36.4. The van der Waals surface area contributed by atoms with Crippen LogP contribution in [-0.4, -0.2) is 11.3 Å². The lowest BCUT2D eigenvalue weighted by atomic mass is 9.45. The predicted octanol–water partition coefficient (Wildman–Crippen LogP) is 15.3. The molecule has 2 aliphatic rings. The summed E-state index contributed by atoms with van der Waals surface area (Å²) in [6, 6.07) is 73.0. The van der Waals surface area contributed by atoms with Crippen LogP contribution in [0.2, 0.25) is 0 Å². The number of nitrogens with zero attached hydrogens (tertiary/aromatic N) is 3. The van der Waals surface area contributed by atoms with Crippen molar-refractivity contribution in [1.82, 2.24) is 4.48 Å². The van der Waals surface area contributed by atoms with Crippen LogP contribution in [0.5, 0.6) is 0 Å². The lowest BCUT2D eigenvalue weighted by molar-refractivity contribution is 0.669. The van der Waals surface area contributed by atoms with Crippen LogP contribution in [0.4, 0.5) is 34.1 Å². The Bertz CT molecular complexity index is 3850. The number of aryl methyl sites for hydroxylation is 1. The number of benzene rings is 9. The summed E-state index contributed by atoms with van der Waals surface area (Å²) in [6.07, 6.45) is 3.30. The van der Waals surface area contributed by atoms with E-state index in [-0.39, 0.29) is 6.85 Å². The second-order valence-electron chi connectivity index (χ2n) is 17.8. The number of para-hydroxylation sites is 5. The third-order valence-electron chi connectivity index (χ3n) is 14.1. The highest BCUT2D eigenvalue weighted by atomic mass is 16.3. The van der Waals surface area contributed by atoms with Crippen LogP contribution in [0.15, 0.2) is 209 Å². The quantitative estimate of drug-likeness (QED) is 0.143. The first-order valence-electron chi connectivity index (χ1n) is 23.2. The summed E-state index contributed by atoms with van der Waals surface area (Å²) in [6.45, 7) is 2.07. The predicted molar refractivity (Wildman–Crippen MR) is 276 cm³/mol. The Labute approximate surface area is 382 Å². The van der Waals surface area contributed by atoms with Gasteiger partial charge >= 0.3 is 6.85 Å². The Kier molecular flexibility index (Phi) is 8.11. The maximum Gasteiger partial charge on any atom is 0.333 e. The van der Waals surface area contributed by atoms with Gasteiger partial charge in [0, 0.05) is 72.7 Å². The van der Waals surface area contributed by atoms with Gasteiger partial charge in [0.1, 0.15) is 16.7 Å². The SMILES string of the molecule is CCCCc1ccc(N2c3cc4oc5ccccc5c4cc3B3c4c(cc(N(c5ccccc5)c5ccccc5)cc42)-c2cccc4c5oc6ccccc6c5n3c24)c(-c2ccccc2)c1. The van der Waals surface area contributed by atoms with E-state index in [9.17, 15) is 0 Å². The average Bonchev–Trinajstić information content (AvgIpc) is 4.04. The average molecular weight is 848 g/mol. The van der Waals surface area contributed by atoms with Gasteiger partial charge in [-0.25, -0.2) is 0 Å². The number of furan rings is 2. The molecule has 0 fully saturated rings. The molecule has 3 aromatic heterocycles. The number of unbranched alkanes of at least 4 members (excludes halogenated alkanes) is 1. The van der Waals surface area contributed by atoms with Crippen LogP contribution >= 0.6 is 0 Å². The zero-order chi connectivity index (χ0) is 43.5. The molecule has 6 heteroatoms. The van der Waals surface area contributed by atoms with Gasteiger partial charge in [-0.2, -0.15) is 0 Å². The van der Waals surface area contributed by atoms with Gasteiger partial charge in [0.2, 0.25) is 0 Å². The molecule has 312 valence electrons. The standard InChI is InChI=1S/C60H42BN3O2/c1-2-3-18-38-31-32-51(47(33-38)39-19-7-4-8-20-39)63-52-37-56-48(43-25-13-15-29-54(43)65-56)36-50(52)61-57-49(34-42(35-53(57)63)62(40-21-9-5-10-22-40)41-23-11-6-12-24-41)44-27-17-28-46-58(44)64(61)59-45-26-14-16-30-55(45)66-60(46)59/h4-17,19-37H,2-3,18H2,1H3. The number of anilines is 6. The van der Waals surface area contributed by atoms with E-state index in [1.54, 1.807) is 0 Å². The van der Waals surface area contributed by atoms with Crippen LogP contribution in [0.25, 0.3) is 77.2 Å². The van der Waals surface area contributed by atoms with E-state index in [0.717, 1.165) is 103 Å². The van der Waals surface area contributed by atoms with E-state index in [1.807, 2.05) is 0 Å². The van der Waals surface area contributed by atoms with E-state index < -0.39 is 0 Å². The number of hydrogen-bond donors (Lipinski definition) is 0. The molecule has 5 nitrogen and oxygen atoms in total. The monoisotopic (exact) mass is 847 g/mol. The summed E-state index contributed by atoms with van der Waals surface area (Å²) in [5.74, 6) is 0. The third kappa shape index (κ3) is 5.36. The van der Waals surface area contributed by atoms with E-state index in [2.05, 4.69) is 221 Å². The lowest BCUT2D eigenvalue weighted by Gasteiger charge is -2.42. The molecule has 0 bridgehead atoms. The fourth-order valence-electron chi connectivity index (χ4n) is 11.2. The zero-order valence-electron chi connectivity index (χ0n) is 36.4. The summed E-state index contributed by atoms with van der Waals surface area (Å²) in [5.41, 5.74) is 21.1. The van der Waals surface area contributed by atoms with Crippen molar-refractivity contribution in [3.63, 3.8) is 0 Å².